The van der Waals surface area contributed by atoms with Gasteiger partial charge in [-0.05, 0) is 13.8 Å². The zero-order valence-corrected chi connectivity index (χ0v) is 5.64. The summed E-state index contributed by atoms with van der Waals surface area (Å²) in [5.74, 6) is 0. The lowest BCUT2D eigenvalue weighted by atomic mass is 10.7. The first-order chi connectivity index (χ1) is 3.91. The van der Waals surface area contributed by atoms with Gasteiger partial charge in [0.2, 0.25) is 0 Å². The maximum Gasteiger partial charge on any atom is 0.0700 e. The Hall–Kier alpha value is -0.0800. The fourth-order valence-corrected chi connectivity index (χ4v) is 0.407. The van der Waals surface area contributed by atoms with Crippen LogP contribution in [0.3, 0.4) is 0 Å². The van der Waals surface area contributed by atoms with Gasteiger partial charge in [-0.25, -0.2) is 0 Å². The molecule has 0 aromatic heterocycles. The Morgan fingerprint density at radius 2 is 0.647 bits per heavy atom. The molecule has 0 saturated heterocycles. The molecule has 17 heavy (non-hydrogen) atoms. The zero-order chi connectivity index (χ0) is 6.24. The maximum absolute atomic E-state index is 5.01. The summed E-state index contributed by atoms with van der Waals surface area (Å²) in [6, 6.07) is 0. The van der Waals surface area contributed by atoms with Crippen molar-refractivity contribution in [2.75, 3.05) is 26.4 Å². The number of hydrogen-bond acceptors (Lipinski definition) is 2. The van der Waals surface area contributed by atoms with Gasteiger partial charge in [-0.1, -0.05) is 66.8 Å². The second-order valence-corrected chi connectivity index (χ2v) is 1.39. The van der Waals surface area contributed by atoms with Crippen molar-refractivity contribution in [2.24, 2.45) is 0 Å². The van der Waals surface area contributed by atoms with Crippen LogP contribution in [0.5, 0.6) is 0 Å². The highest BCUT2D eigenvalue weighted by Crippen LogP contribution is 1.75. The highest BCUT2D eigenvalue weighted by Gasteiger charge is 1.81. The predicted molar refractivity (Wildman–Crippen MR) is 93.6 cm³/mol. The van der Waals surface area contributed by atoms with Crippen molar-refractivity contribution in [1.82, 2.24) is 0 Å². The summed E-state index contributed by atoms with van der Waals surface area (Å²) in [6.45, 7) is 6.98. The lowest BCUT2D eigenvalue weighted by Crippen LogP contribution is -2.02. The summed E-state index contributed by atoms with van der Waals surface area (Å²) in [5.41, 5.74) is 0. The molecule has 0 radical (unpaired) electrons. The van der Waals surface area contributed by atoms with Gasteiger partial charge in [0.15, 0.2) is 0 Å². The normalized spacial score (nSPS) is 4.59. The van der Waals surface area contributed by atoms with Crippen LogP contribution < -0.4 is 0 Å². The molecule has 0 saturated carbocycles. The van der Waals surface area contributed by atoms with Gasteiger partial charge in [-0.3, -0.25) is 0 Å². The van der Waals surface area contributed by atoms with E-state index in [9.17, 15) is 0 Å². The van der Waals surface area contributed by atoms with Crippen molar-refractivity contribution < 1.29 is 9.47 Å². The van der Waals surface area contributed by atoms with Crippen LogP contribution in [0.2, 0.25) is 0 Å². The molecule has 0 rings (SSSR count). The molecule has 0 aliphatic heterocycles. The van der Waals surface area contributed by atoms with E-state index < -0.39 is 0 Å². The van der Waals surface area contributed by atoms with E-state index in [1.54, 1.807) is 0 Å². The van der Waals surface area contributed by atoms with E-state index in [2.05, 4.69) is 0 Å². The van der Waals surface area contributed by atoms with Gasteiger partial charge in [0.1, 0.15) is 0 Å². The number of ether oxygens (including phenoxy) is 2. The van der Waals surface area contributed by atoms with Crippen LogP contribution in [0.25, 0.3) is 0 Å². The quantitative estimate of drug-likeness (QED) is 0.508. The van der Waals surface area contributed by atoms with Crippen LogP contribution in [-0.2, 0) is 9.47 Å². The number of rotatable bonds is 5. The van der Waals surface area contributed by atoms with E-state index in [1.165, 1.54) is 0 Å². The minimum Gasteiger partial charge on any atom is -0.379 e. The maximum atomic E-state index is 5.01. The predicted octanol–water partition coefficient (Wildman–Crippen LogP) is 6.78. The van der Waals surface area contributed by atoms with Crippen molar-refractivity contribution in [3.05, 3.63) is 0 Å². The van der Waals surface area contributed by atoms with Crippen LogP contribution >= 0.6 is 0 Å². The summed E-state index contributed by atoms with van der Waals surface area (Å²) in [6.07, 6.45) is 0. The standard InChI is InChI=1S/C6H14O2.9CH4/c1-3-7-5-6-8-4-2;;;;;;;;;/h3-6H2,1-2H3;9*1H4. The van der Waals surface area contributed by atoms with Crippen molar-refractivity contribution in [3.63, 3.8) is 0 Å². The molecular weight excluding hydrogens is 212 g/mol. The van der Waals surface area contributed by atoms with Gasteiger partial charge in [0.05, 0.1) is 13.2 Å². The Balaban J connectivity index is -0.00000000681. The van der Waals surface area contributed by atoms with E-state index in [1.807, 2.05) is 13.8 Å². The summed E-state index contributed by atoms with van der Waals surface area (Å²) in [5, 5.41) is 0. The Morgan fingerprint density at radius 1 is 0.471 bits per heavy atom. The third-order valence-electron chi connectivity index (χ3n) is 0.780. The first-order valence-electron chi connectivity index (χ1n) is 3.07. The minimum atomic E-state index is 0. The van der Waals surface area contributed by atoms with Gasteiger partial charge in [0, 0.05) is 13.2 Å². The Morgan fingerprint density at radius 3 is 0.765 bits per heavy atom. The molecule has 2 heteroatoms. The van der Waals surface area contributed by atoms with Crippen LogP contribution in [0.15, 0.2) is 0 Å². The van der Waals surface area contributed by atoms with Gasteiger partial charge in [-0.2, -0.15) is 0 Å². The Bertz CT molecular complexity index is 33.9. The van der Waals surface area contributed by atoms with E-state index in [-0.39, 0.29) is 66.8 Å². The topological polar surface area (TPSA) is 18.5 Å². The van der Waals surface area contributed by atoms with Crippen LogP contribution in [0.4, 0.5) is 0 Å². The first kappa shape index (κ1) is 89.6. The van der Waals surface area contributed by atoms with Gasteiger partial charge >= 0.3 is 0 Å². The van der Waals surface area contributed by atoms with Gasteiger partial charge in [0.25, 0.3) is 0 Å². The third kappa shape index (κ3) is 127. The molecule has 0 aromatic carbocycles. The molecule has 2 nitrogen and oxygen atoms in total. The summed E-state index contributed by atoms with van der Waals surface area (Å²) >= 11 is 0. The van der Waals surface area contributed by atoms with Gasteiger partial charge in [-0.15, -0.1) is 0 Å². The molecule has 0 unspecified atom stereocenters. The highest BCUT2D eigenvalue weighted by molar-refractivity contribution is 4.24. The van der Waals surface area contributed by atoms with Crippen molar-refractivity contribution >= 4 is 0 Å². The summed E-state index contributed by atoms with van der Waals surface area (Å²) < 4.78 is 10.0. The third-order valence-corrected chi connectivity index (χ3v) is 0.780. The fraction of sp³-hybridized carbons (Fsp3) is 1.00. The smallest absolute Gasteiger partial charge is 0.0700 e. The molecule has 0 atom stereocenters. The van der Waals surface area contributed by atoms with E-state index in [0.717, 1.165) is 26.4 Å². The molecule has 0 aliphatic rings. The van der Waals surface area contributed by atoms with Crippen LogP contribution in [0, 0.1) is 0 Å². The number of hydrogen-bond donors (Lipinski definition) is 0. The molecule has 0 amide bonds. The van der Waals surface area contributed by atoms with Crippen LogP contribution in [0.1, 0.15) is 80.7 Å². The zero-order valence-electron chi connectivity index (χ0n) is 5.64. The first-order valence-corrected chi connectivity index (χ1v) is 3.07. The van der Waals surface area contributed by atoms with E-state index in [4.69, 9.17) is 9.47 Å². The monoisotopic (exact) mass is 262 g/mol. The SMILES string of the molecule is C.C.C.C.C.C.C.C.C.CCOCCOCC. The molecule has 0 N–H and O–H groups in total. The summed E-state index contributed by atoms with van der Waals surface area (Å²) in [7, 11) is 0. The second-order valence-electron chi connectivity index (χ2n) is 1.39. The molecule has 0 aliphatic carbocycles. The molecule has 0 heterocycles. The molecular formula is C15H50O2. The highest BCUT2D eigenvalue weighted by atomic mass is 16.5. The molecule has 0 spiro atoms. The van der Waals surface area contributed by atoms with Crippen LogP contribution in [-0.4, -0.2) is 26.4 Å². The second kappa shape index (κ2) is 101. The molecule has 0 fully saturated rings. The lowest BCUT2D eigenvalue weighted by Gasteiger charge is -1.99. The minimum absolute atomic E-state index is 0. The van der Waals surface area contributed by atoms with E-state index in [0.29, 0.717) is 0 Å². The molecule has 0 aromatic rings. The average molecular weight is 263 g/mol. The lowest BCUT2D eigenvalue weighted by molar-refractivity contribution is 0.0584. The van der Waals surface area contributed by atoms with Crippen molar-refractivity contribution in [1.29, 1.82) is 0 Å². The summed E-state index contributed by atoms with van der Waals surface area (Å²) in [4.78, 5) is 0. The average Bonchev–Trinajstić information content (AvgIpc) is 1.81. The van der Waals surface area contributed by atoms with Gasteiger partial charge < -0.3 is 9.47 Å². The molecule has 122 valence electrons. The Labute approximate surface area is 117 Å². The van der Waals surface area contributed by atoms with Crippen molar-refractivity contribution in [2.45, 2.75) is 80.7 Å². The fourth-order valence-electron chi connectivity index (χ4n) is 0.407. The van der Waals surface area contributed by atoms with E-state index >= 15 is 0 Å². The largest absolute Gasteiger partial charge is 0.379 e. The van der Waals surface area contributed by atoms with Crippen molar-refractivity contribution in [3.8, 4) is 0 Å². The Kier molecular flexibility index (Phi) is 533. The molecule has 0 bridgehead atoms.